The Bertz CT molecular complexity index is 591. The standard InChI is InChI=1S/C7H5ClN2O2S2/c1-14(11,12)5-2-4-6(8)9-3-10-7(4)13-5/h2-3H,1H3. The van der Waals surface area contributed by atoms with Gasteiger partial charge in [0.15, 0.2) is 9.84 Å². The summed E-state index contributed by atoms with van der Waals surface area (Å²) in [5.41, 5.74) is 0. The maximum atomic E-state index is 11.2. The van der Waals surface area contributed by atoms with Crippen molar-refractivity contribution in [3.05, 3.63) is 17.5 Å². The maximum Gasteiger partial charge on any atom is 0.184 e. The molecule has 0 spiro atoms. The van der Waals surface area contributed by atoms with Crippen molar-refractivity contribution in [2.45, 2.75) is 4.21 Å². The minimum Gasteiger partial charge on any atom is -0.225 e. The van der Waals surface area contributed by atoms with Gasteiger partial charge in [0, 0.05) is 6.26 Å². The Balaban J connectivity index is 2.81. The van der Waals surface area contributed by atoms with Crippen molar-refractivity contribution in [1.82, 2.24) is 9.97 Å². The summed E-state index contributed by atoms with van der Waals surface area (Å²) in [7, 11) is -3.19. The second kappa shape index (κ2) is 3.15. The fourth-order valence-corrected chi connectivity index (χ4v) is 3.14. The van der Waals surface area contributed by atoms with Gasteiger partial charge in [-0.05, 0) is 6.07 Å². The van der Waals surface area contributed by atoms with Gasteiger partial charge in [-0.1, -0.05) is 11.6 Å². The number of sulfone groups is 1. The van der Waals surface area contributed by atoms with Crippen molar-refractivity contribution in [3.63, 3.8) is 0 Å². The first-order chi connectivity index (χ1) is 6.48. The van der Waals surface area contributed by atoms with Crippen LogP contribution in [-0.2, 0) is 9.84 Å². The van der Waals surface area contributed by atoms with Gasteiger partial charge in [0.1, 0.15) is 20.5 Å². The van der Waals surface area contributed by atoms with E-state index >= 15 is 0 Å². The van der Waals surface area contributed by atoms with Crippen LogP contribution in [0.25, 0.3) is 10.2 Å². The molecule has 0 aliphatic carbocycles. The van der Waals surface area contributed by atoms with Crippen molar-refractivity contribution in [2.75, 3.05) is 6.26 Å². The van der Waals surface area contributed by atoms with Gasteiger partial charge >= 0.3 is 0 Å². The molecule has 0 amide bonds. The van der Waals surface area contributed by atoms with Crippen LogP contribution in [0.1, 0.15) is 0 Å². The predicted molar refractivity (Wildman–Crippen MR) is 55.5 cm³/mol. The molecule has 0 aromatic carbocycles. The number of thiophene rings is 1. The SMILES string of the molecule is CS(=O)(=O)c1cc2c(Cl)ncnc2s1. The average Bonchev–Trinajstić information content (AvgIpc) is 2.48. The maximum absolute atomic E-state index is 11.2. The van der Waals surface area contributed by atoms with Gasteiger partial charge in [-0.25, -0.2) is 18.4 Å². The number of fused-ring (bicyclic) bond motifs is 1. The molecule has 0 radical (unpaired) electrons. The Hall–Kier alpha value is -0.720. The van der Waals surface area contributed by atoms with Gasteiger partial charge in [0.25, 0.3) is 0 Å². The van der Waals surface area contributed by atoms with Crippen LogP contribution in [0.5, 0.6) is 0 Å². The van der Waals surface area contributed by atoms with Crippen molar-refractivity contribution < 1.29 is 8.42 Å². The molecule has 0 aliphatic rings. The van der Waals surface area contributed by atoms with Crippen LogP contribution in [-0.4, -0.2) is 24.6 Å². The Morgan fingerprint density at radius 2 is 2.14 bits per heavy atom. The van der Waals surface area contributed by atoms with Crippen molar-refractivity contribution in [3.8, 4) is 0 Å². The molecule has 2 aromatic rings. The summed E-state index contributed by atoms with van der Waals surface area (Å²) in [5.74, 6) is 0. The van der Waals surface area contributed by atoms with Crippen molar-refractivity contribution in [1.29, 1.82) is 0 Å². The number of aromatic nitrogens is 2. The van der Waals surface area contributed by atoms with E-state index in [4.69, 9.17) is 11.6 Å². The van der Waals surface area contributed by atoms with Crippen molar-refractivity contribution >= 4 is 43.0 Å². The highest BCUT2D eigenvalue weighted by Gasteiger charge is 2.14. The smallest absolute Gasteiger partial charge is 0.184 e. The number of hydrogen-bond acceptors (Lipinski definition) is 5. The molecule has 74 valence electrons. The monoisotopic (exact) mass is 248 g/mol. The van der Waals surface area contributed by atoms with Crippen LogP contribution in [0, 0.1) is 0 Å². The molecular formula is C7H5ClN2O2S2. The van der Waals surface area contributed by atoms with E-state index in [0.29, 0.717) is 10.2 Å². The minimum atomic E-state index is -3.19. The fraction of sp³-hybridized carbons (Fsp3) is 0.143. The fourth-order valence-electron chi connectivity index (χ4n) is 0.987. The number of nitrogens with zero attached hydrogens (tertiary/aromatic N) is 2. The first-order valence-corrected chi connectivity index (χ1v) is 6.67. The van der Waals surface area contributed by atoms with Gasteiger partial charge in [-0.2, -0.15) is 0 Å². The molecular weight excluding hydrogens is 244 g/mol. The average molecular weight is 249 g/mol. The van der Waals surface area contributed by atoms with Crippen LogP contribution < -0.4 is 0 Å². The zero-order valence-corrected chi connectivity index (χ0v) is 9.45. The molecule has 4 nitrogen and oxygen atoms in total. The highest BCUT2D eigenvalue weighted by Crippen LogP contribution is 2.30. The number of hydrogen-bond donors (Lipinski definition) is 0. The zero-order valence-electron chi connectivity index (χ0n) is 7.06. The summed E-state index contributed by atoms with van der Waals surface area (Å²) in [4.78, 5) is 8.29. The molecule has 7 heteroatoms. The third kappa shape index (κ3) is 1.60. The molecule has 0 saturated heterocycles. The summed E-state index contributed by atoms with van der Waals surface area (Å²) in [6, 6.07) is 1.50. The van der Waals surface area contributed by atoms with Gasteiger partial charge in [0.05, 0.1) is 5.39 Å². The van der Waals surface area contributed by atoms with Crippen molar-refractivity contribution in [2.24, 2.45) is 0 Å². The van der Waals surface area contributed by atoms with E-state index in [-0.39, 0.29) is 9.36 Å². The molecule has 0 N–H and O–H groups in total. The normalized spacial score (nSPS) is 12.1. The Kier molecular flexibility index (Phi) is 2.21. The van der Waals surface area contributed by atoms with Gasteiger partial charge in [-0.15, -0.1) is 11.3 Å². The van der Waals surface area contributed by atoms with E-state index in [0.717, 1.165) is 17.6 Å². The molecule has 0 aliphatic heterocycles. The van der Waals surface area contributed by atoms with E-state index in [2.05, 4.69) is 9.97 Å². The molecule has 0 bridgehead atoms. The number of rotatable bonds is 1. The lowest BCUT2D eigenvalue weighted by atomic mass is 10.4. The Morgan fingerprint density at radius 1 is 1.43 bits per heavy atom. The molecule has 2 heterocycles. The number of halogens is 1. The summed E-state index contributed by atoms with van der Waals surface area (Å²) >= 11 is 6.88. The van der Waals surface area contributed by atoms with E-state index in [9.17, 15) is 8.42 Å². The lowest BCUT2D eigenvalue weighted by Gasteiger charge is -1.87. The van der Waals surface area contributed by atoms with E-state index in [1.54, 1.807) is 0 Å². The quantitative estimate of drug-likeness (QED) is 0.722. The highest BCUT2D eigenvalue weighted by molar-refractivity contribution is 7.92. The molecule has 0 unspecified atom stereocenters. The molecule has 0 saturated carbocycles. The summed E-state index contributed by atoms with van der Waals surface area (Å²) in [6.07, 6.45) is 2.46. The summed E-state index contributed by atoms with van der Waals surface area (Å²) in [5, 5.41) is 0.862. The topological polar surface area (TPSA) is 59.9 Å². The van der Waals surface area contributed by atoms with Gasteiger partial charge in [0.2, 0.25) is 0 Å². The highest BCUT2D eigenvalue weighted by atomic mass is 35.5. The predicted octanol–water partition coefficient (Wildman–Crippen LogP) is 1.75. The van der Waals surface area contributed by atoms with Crippen LogP contribution >= 0.6 is 22.9 Å². The van der Waals surface area contributed by atoms with E-state index < -0.39 is 9.84 Å². The van der Waals surface area contributed by atoms with Gasteiger partial charge in [-0.3, -0.25) is 0 Å². The largest absolute Gasteiger partial charge is 0.225 e. The third-order valence-corrected chi connectivity index (χ3v) is 4.77. The Labute approximate surface area is 89.5 Å². The lowest BCUT2D eigenvalue weighted by molar-refractivity contribution is 0.604. The molecule has 2 rings (SSSR count). The Morgan fingerprint density at radius 3 is 2.71 bits per heavy atom. The summed E-state index contributed by atoms with van der Waals surface area (Å²) < 4.78 is 22.7. The van der Waals surface area contributed by atoms with E-state index in [1.807, 2.05) is 0 Å². The lowest BCUT2D eigenvalue weighted by Crippen LogP contribution is -1.91. The van der Waals surface area contributed by atoms with Crippen LogP contribution in [0.3, 0.4) is 0 Å². The van der Waals surface area contributed by atoms with Crippen LogP contribution in [0.4, 0.5) is 0 Å². The first kappa shape index (κ1) is 9.82. The second-order valence-electron chi connectivity index (χ2n) is 2.72. The second-order valence-corrected chi connectivity index (χ2v) is 6.35. The van der Waals surface area contributed by atoms with Crippen LogP contribution in [0.2, 0.25) is 5.15 Å². The third-order valence-electron chi connectivity index (χ3n) is 1.62. The first-order valence-electron chi connectivity index (χ1n) is 3.58. The van der Waals surface area contributed by atoms with Gasteiger partial charge < -0.3 is 0 Å². The molecule has 2 aromatic heterocycles. The molecule has 14 heavy (non-hydrogen) atoms. The molecule has 0 atom stereocenters. The molecule has 0 fully saturated rings. The van der Waals surface area contributed by atoms with Crippen LogP contribution in [0.15, 0.2) is 16.6 Å². The zero-order chi connectivity index (χ0) is 10.3. The summed E-state index contributed by atoms with van der Waals surface area (Å²) in [6.45, 7) is 0. The van der Waals surface area contributed by atoms with E-state index in [1.165, 1.54) is 12.4 Å². The minimum absolute atomic E-state index is 0.259.